The van der Waals surface area contributed by atoms with Crippen LogP contribution in [-0.4, -0.2) is 43.2 Å². The van der Waals surface area contributed by atoms with Crippen LogP contribution in [0, 0.1) is 0 Å². The van der Waals surface area contributed by atoms with Crippen LogP contribution in [0.5, 0.6) is 0 Å². The molecule has 0 saturated carbocycles. The van der Waals surface area contributed by atoms with E-state index >= 15 is 0 Å². The van der Waals surface area contributed by atoms with Gasteiger partial charge in [0.05, 0.1) is 17.5 Å². The van der Waals surface area contributed by atoms with Crippen LogP contribution in [0.1, 0.15) is 22.0 Å². The minimum Gasteiger partial charge on any atom is -0.330 e. The minimum atomic E-state index is -3.96. The number of amides is 1. The van der Waals surface area contributed by atoms with Gasteiger partial charge in [-0.25, -0.2) is 8.42 Å². The zero-order valence-electron chi connectivity index (χ0n) is 19.5. The van der Waals surface area contributed by atoms with Crippen molar-refractivity contribution in [3.8, 4) is 0 Å². The van der Waals surface area contributed by atoms with E-state index in [0.717, 1.165) is 22.9 Å². The van der Waals surface area contributed by atoms with E-state index in [1.54, 1.807) is 34.4 Å². The molecule has 5 rings (SSSR count). The van der Waals surface area contributed by atoms with E-state index in [-0.39, 0.29) is 29.9 Å². The van der Waals surface area contributed by atoms with Crippen LogP contribution in [0.15, 0.2) is 95.7 Å². The van der Waals surface area contributed by atoms with Crippen LogP contribution in [0.3, 0.4) is 0 Å². The van der Waals surface area contributed by atoms with Crippen molar-refractivity contribution in [2.24, 2.45) is 0 Å². The molecule has 1 aliphatic heterocycles. The summed E-state index contributed by atoms with van der Waals surface area (Å²) in [6, 6.07) is 21.8. The summed E-state index contributed by atoms with van der Waals surface area (Å²) in [5.74, 6) is -0.252. The largest absolute Gasteiger partial charge is 0.330 e. The van der Waals surface area contributed by atoms with Crippen molar-refractivity contribution < 1.29 is 13.2 Å². The Morgan fingerprint density at radius 2 is 1.83 bits per heavy atom. The summed E-state index contributed by atoms with van der Waals surface area (Å²) in [5, 5.41) is 4.11. The number of sulfonamides is 1. The number of nitrogens with zero attached hydrogens (tertiary/aromatic N) is 2. The Kier molecular flexibility index (Phi) is 6.99. The summed E-state index contributed by atoms with van der Waals surface area (Å²) >= 11 is 7.80. The number of carbonyl (C=O) groups excluding carboxylic acids is 1. The molecule has 2 heterocycles. The Bertz CT molecular complexity index is 1520. The normalized spacial score (nSPS) is 15.7. The van der Waals surface area contributed by atoms with E-state index in [2.05, 4.69) is 6.58 Å². The quantitative estimate of drug-likeness (QED) is 0.276. The Hall–Kier alpha value is -2.97. The number of hydrogen-bond donors (Lipinski definition) is 0. The maximum Gasteiger partial charge on any atom is 0.244 e. The molecule has 8 heteroatoms. The fraction of sp³-hybridized carbons (Fsp3) is 0.179. The lowest BCUT2D eigenvalue weighted by Crippen LogP contribution is -2.46. The van der Waals surface area contributed by atoms with Crippen LogP contribution < -0.4 is 0 Å². The standard InChI is InChI=1S/C28H25ClN2O3S2/c1-2-16-30(36(33,34)26-9-5-7-20-6-3-4-8-23(20)26)19-27(32)31-17-14-25-24(15-18-35-25)28(31)21-10-12-22(29)13-11-21/h2-13,15,18,28H,1,14,16-17,19H2. The topological polar surface area (TPSA) is 57.7 Å². The second-order valence-electron chi connectivity index (χ2n) is 8.65. The SMILES string of the molecule is C=CCN(CC(=O)N1CCc2sccc2C1c1ccc(Cl)cc1)S(=O)(=O)c1cccc2ccccc12. The van der Waals surface area contributed by atoms with Gasteiger partial charge in [-0.1, -0.05) is 66.2 Å². The number of halogens is 1. The molecule has 36 heavy (non-hydrogen) atoms. The van der Waals surface area contributed by atoms with Gasteiger partial charge in [0.1, 0.15) is 0 Å². The predicted molar refractivity (Wildman–Crippen MR) is 146 cm³/mol. The van der Waals surface area contributed by atoms with Crippen molar-refractivity contribution >= 4 is 49.6 Å². The first-order valence-corrected chi connectivity index (χ1v) is 14.3. The summed E-state index contributed by atoms with van der Waals surface area (Å²) in [4.78, 5) is 17.0. The Morgan fingerprint density at radius 1 is 1.08 bits per heavy atom. The number of benzene rings is 3. The first-order chi connectivity index (χ1) is 17.4. The number of fused-ring (bicyclic) bond motifs is 2. The maximum atomic E-state index is 13.8. The van der Waals surface area contributed by atoms with Gasteiger partial charge in [-0.2, -0.15) is 4.31 Å². The van der Waals surface area contributed by atoms with E-state index in [1.165, 1.54) is 15.3 Å². The lowest BCUT2D eigenvalue weighted by molar-refractivity contribution is -0.133. The van der Waals surface area contributed by atoms with Gasteiger partial charge in [0, 0.05) is 28.4 Å². The van der Waals surface area contributed by atoms with Gasteiger partial charge >= 0.3 is 0 Å². The number of rotatable bonds is 7. The van der Waals surface area contributed by atoms with Crippen molar-refractivity contribution in [1.29, 1.82) is 0 Å². The van der Waals surface area contributed by atoms with Gasteiger partial charge in [-0.3, -0.25) is 4.79 Å². The third-order valence-electron chi connectivity index (χ3n) is 6.48. The zero-order valence-corrected chi connectivity index (χ0v) is 21.9. The van der Waals surface area contributed by atoms with Gasteiger partial charge in [-0.15, -0.1) is 17.9 Å². The van der Waals surface area contributed by atoms with Crippen molar-refractivity contribution in [1.82, 2.24) is 9.21 Å². The van der Waals surface area contributed by atoms with E-state index in [1.807, 2.05) is 60.0 Å². The van der Waals surface area contributed by atoms with Crippen molar-refractivity contribution in [3.63, 3.8) is 0 Å². The molecule has 4 aromatic rings. The van der Waals surface area contributed by atoms with Crippen molar-refractivity contribution in [3.05, 3.63) is 112 Å². The maximum absolute atomic E-state index is 13.8. The van der Waals surface area contributed by atoms with Crippen LogP contribution in [0.25, 0.3) is 10.8 Å². The number of hydrogen-bond acceptors (Lipinski definition) is 4. The first-order valence-electron chi connectivity index (χ1n) is 11.6. The van der Waals surface area contributed by atoms with Crippen LogP contribution >= 0.6 is 22.9 Å². The van der Waals surface area contributed by atoms with Gasteiger partial charge in [0.2, 0.25) is 15.9 Å². The highest BCUT2D eigenvalue weighted by Gasteiger charge is 2.35. The van der Waals surface area contributed by atoms with Gasteiger partial charge < -0.3 is 4.90 Å². The van der Waals surface area contributed by atoms with Crippen LogP contribution in [0.4, 0.5) is 0 Å². The minimum absolute atomic E-state index is 0.0282. The van der Waals surface area contributed by atoms with E-state index in [9.17, 15) is 13.2 Å². The van der Waals surface area contributed by atoms with Gasteiger partial charge in [0.25, 0.3) is 0 Å². The molecule has 184 valence electrons. The Balaban J connectivity index is 1.49. The predicted octanol–water partition coefficient (Wildman–Crippen LogP) is 5.91. The average Bonchev–Trinajstić information content (AvgIpc) is 3.37. The van der Waals surface area contributed by atoms with E-state index < -0.39 is 10.0 Å². The van der Waals surface area contributed by atoms with Crippen molar-refractivity contribution in [2.75, 3.05) is 19.6 Å². The Morgan fingerprint density at radius 3 is 2.61 bits per heavy atom. The highest BCUT2D eigenvalue weighted by molar-refractivity contribution is 7.89. The summed E-state index contributed by atoms with van der Waals surface area (Å²) < 4.78 is 28.8. The first kappa shape index (κ1) is 24.7. The highest BCUT2D eigenvalue weighted by atomic mass is 35.5. The third-order valence-corrected chi connectivity index (χ3v) is 9.60. The average molecular weight is 537 g/mol. The molecule has 0 radical (unpaired) electrons. The molecule has 3 aromatic carbocycles. The lowest BCUT2D eigenvalue weighted by atomic mass is 9.93. The highest BCUT2D eigenvalue weighted by Crippen LogP contribution is 2.38. The van der Waals surface area contributed by atoms with Crippen LogP contribution in [0.2, 0.25) is 5.02 Å². The fourth-order valence-corrected chi connectivity index (χ4v) is 7.39. The molecule has 0 spiro atoms. The number of thiophene rings is 1. The summed E-state index contributed by atoms with van der Waals surface area (Å²) in [6.07, 6.45) is 2.25. The molecule has 0 fully saturated rings. The van der Waals surface area contributed by atoms with Gasteiger partial charge in [-0.05, 0) is 52.6 Å². The van der Waals surface area contributed by atoms with Crippen molar-refractivity contribution in [2.45, 2.75) is 17.4 Å². The molecule has 0 N–H and O–H groups in total. The summed E-state index contributed by atoms with van der Waals surface area (Å²) in [6.45, 7) is 4.00. The van der Waals surface area contributed by atoms with E-state index in [4.69, 9.17) is 11.6 Å². The van der Waals surface area contributed by atoms with E-state index in [0.29, 0.717) is 17.0 Å². The molecular weight excluding hydrogens is 512 g/mol. The second-order valence-corrected chi connectivity index (χ2v) is 12.0. The molecule has 0 bridgehead atoms. The second kappa shape index (κ2) is 10.2. The summed E-state index contributed by atoms with van der Waals surface area (Å²) in [7, 11) is -3.96. The Labute approximate surface area is 220 Å². The molecule has 0 aliphatic carbocycles. The number of carbonyl (C=O) groups is 1. The molecule has 5 nitrogen and oxygen atoms in total. The molecule has 1 amide bonds. The zero-order chi connectivity index (χ0) is 25.3. The lowest BCUT2D eigenvalue weighted by Gasteiger charge is -2.37. The third kappa shape index (κ3) is 4.60. The fourth-order valence-electron chi connectivity index (χ4n) is 4.78. The molecule has 1 atom stereocenters. The monoisotopic (exact) mass is 536 g/mol. The van der Waals surface area contributed by atoms with Gasteiger partial charge in [0.15, 0.2) is 0 Å². The summed E-state index contributed by atoms with van der Waals surface area (Å²) in [5.41, 5.74) is 2.02. The van der Waals surface area contributed by atoms with Crippen LogP contribution in [-0.2, 0) is 21.2 Å². The molecular formula is C28H25ClN2O3S2. The molecule has 1 aliphatic rings. The smallest absolute Gasteiger partial charge is 0.244 e. The molecule has 1 aromatic heterocycles. The molecule has 1 unspecified atom stereocenters. The molecule has 0 saturated heterocycles.